The topological polar surface area (TPSA) is 50.2 Å². The molecule has 0 saturated heterocycles. The van der Waals surface area contributed by atoms with Crippen molar-refractivity contribution >= 4 is 17.3 Å². The van der Waals surface area contributed by atoms with Gasteiger partial charge in [-0.25, -0.2) is 9.37 Å². The van der Waals surface area contributed by atoms with Crippen molar-refractivity contribution < 1.29 is 14.3 Å². The van der Waals surface area contributed by atoms with E-state index >= 15 is 0 Å². The van der Waals surface area contributed by atoms with Crippen molar-refractivity contribution in [3.63, 3.8) is 0 Å². The maximum absolute atomic E-state index is 13.4. The van der Waals surface area contributed by atoms with Gasteiger partial charge in [-0.3, -0.25) is 4.79 Å². The van der Waals surface area contributed by atoms with Crippen LogP contribution in [0, 0.1) is 5.82 Å². The van der Waals surface area contributed by atoms with E-state index in [-0.39, 0.29) is 12.2 Å². The minimum atomic E-state index is -0.936. The molecule has 0 amide bonds. The number of benzene rings is 1. The maximum Gasteiger partial charge on any atom is 0.310 e. The SMILES string of the molecule is O=C(O)Cc1nc(-c2ccccc2F)cs1. The molecule has 0 aliphatic rings. The summed E-state index contributed by atoms with van der Waals surface area (Å²) in [5.41, 5.74) is 0.884. The van der Waals surface area contributed by atoms with Crippen molar-refractivity contribution in [1.29, 1.82) is 0 Å². The second kappa shape index (κ2) is 4.40. The van der Waals surface area contributed by atoms with Gasteiger partial charge in [-0.1, -0.05) is 12.1 Å². The van der Waals surface area contributed by atoms with Crippen LogP contribution >= 0.6 is 11.3 Å². The molecule has 5 heteroatoms. The van der Waals surface area contributed by atoms with E-state index in [1.54, 1.807) is 23.6 Å². The molecule has 2 aromatic rings. The Morgan fingerprint density at radius 2 is 2.19 bits per heavy atom. The van der Waals surface area contributed by atoms with E-state index in [4.69, 9.17) is 5.11 Å². The Bertz CT molecular complexity index is 524. The number of halogens is 1. The molecule has 0 aliphatic heterocycles. The summed E-state index contributed by atoms with van der Waals surface area (Å²) in [6.45, 7) is 0. The zero-order valence-electron chi connectivity index (χ0n) is 8.18. The molecule has 1 aromatic heterocycles. The number of carbonyl (C=O) groups is 1. The summed E-state index contributed by atoms with van der Waals surface area (Å²) in [7, 11) is 0. The fourth-order valence-corrected chi connectivity index (χ4v) is 2.10. The third kappa shape index (κ3) is 2.25. The van der Waals surface area contributed by atoms with Gasteiger partial charge in [0.2, 0.25) is 0 Å². The minimum absolute atomic E-state index is 0.126. The zero-order valence-corrected chi connectivity index (χ0v) is 9.00. The van der Waals surface area contributed by atoms with Crippen LogP contribution in [-0.2, 0) is 11.2 Å². The van der Waals surface area contributed by atoms with Crippen LogP contribution in [0.2, 0.25) is 0 Å². The molecule has 0 atom stereocenters. The van der Waals surface area contributed by atoms with Crippen LogP contribution < -0.4 is 0 Å². The molecule has 0 saturated carbocycles. The number of carboxylic acid groups (broad SMARTS) is 1. The van der Waals surface area contributed by atoms with E-state index in [1.165, 1.54) is 17.4 Å². The number of nitrogens with zero attached hydrogens (tertiary/aromatic N) is 1. The number of hydrogen-bond acceptors (Lipinski definition) is 3. The Morgan fingerprint density at radius 1 is 1.44 bits per heavy atom. The zero-order chi connectivity index (χ0) is 11.5. The van der Waals surface area contributed by atoms with Crippen molar-refractivity contribution in [1.82, 2.24) is 4.98 Å². The van der Waals surface area contributed by atoms with Gasteiger partial charge in [0.05, 0.1) is 12.1 Å². The first-order valence-electron chi connectivity index (χ1n) is 4.58. The first kappa shape index (κ1) is 10.8. The van der Waals surface area contributed by atoms with Crippen molar-refractivity contribution in [2.24, 2.45) is 0 Å². The van der Waals surface area contributed by atoms with E-state index in [0.29, 0.717) is 16.3 Å². The summed E-state index contributed by atoms with van der Waals surface area (Å²) in [6, 6.07) is 6.29. The highest BCUT2D eigenvalue weighted by atomic mass is 32.1. The summed E-state index contributed by atoms with van der Waals surface area (Å²) < 4.78 is 13.4. The quantitative estimate of drug-likeness (QED) is 0.892. The number of rotatable bonds is 3. The smallest absolute Gasteiger partial charge is 0.310 e. The van der Waals surface area contributed by atoms with Crippen molar-refractivity contribution in [2.45, 2.75) is 6.42 Å². The van der Waals surface area contributed by atoms with E-state index in [1.807, 2.05) is 0 Å². The minimum Gasteiger partial charge on any atom is -0.481 e. The molecule has 0 spiro atoms. The van der Waals surface area contributed by atoms with Crippen molar-refractivity contribution in [3.8, 4) is 11.3 Å². The average Bonchev–Trinajstić information content (AvgIpc) is 2.66. The predicted molar refractivity (Wildman–Crippen MR) is 58.8 cm³/mol. The Morgan fingerprint density at radius 3 is 2.88 bits per heavy atom. The van der Waals surface area contributed by atoms with Crippen LogP contribution in [0.1, 0.15) is 5.01 Å². The second-order valence-electron chi connectivity index (χ2n) is 3.18. The highest BCUT2D eigenvalue weighted by Crippen LogP contribution is 2.24. The Labute approximate surface area is 95.2 Å². The summed E-state index contributed by atoms with van der Waals surface area (Å²) in [5.74, 6) is -1.29. The molecular formula is C11H8FNO2S. The normalized spacial score (nSPS) is 10.3. The molecule has 1 heterocycles. The summed E-state index contributed by atoms with van der Waals surface area (Å²) >= 11 is 1.22. The number of aromatic nitrogens is 1. The standard InChI is InChI=1S/C11H8FNO2S/c12-8-4-2-1-3-7(8)9-6-16-10(13-9)5-11(14)15/h1-4,6H,5H2,(H,14,15). The molecule has 0 aliphatic carbocycles. The van der Waals surface area contributed by atoms with Gasteiger partial charge < -0.3 is 5.11 Å². The molecular weight excluding hydrogens is 229 g/mol. The monoisotopic (exact) mass is 237 g/mol. The second-order valence-corrected chi connectivity index (χ2v) is 4.12. The van der Waals surface area contributed by atoms with E-state index < -0.39 is 5.97 Å². The van der Waals surface area contributed by atoms with Gasteiger partial charge in [-0.05, 0) is 12.1 Å². The molecule has 3 nitrogen and oxygen atoms in total. The molecule has 16 heavy (non-hydrogen) atoms. The van der Waals surface area contributed by atoms with Gasteiger partial charge in [0.25, 0.3) is 0 Å². The Balaban J connectivity index is 2.32. The summed E-state index contributed by atoms with van der Waals surface area (Å²) in [4.78, 5) is 14.6. The maximum atomic E-state index is 13.4. The molecule has 1 aromatic carbocycles. The van der Waals surface area contributed by atoms with Crippen LogP contribution in [0.15, 0.2) is 29.6 Å². The van der Waals surface area contributed by atoms with Crippen LogP contribution in [0.4, 0.5) is 4.39 Å². The highest BCUT2D eigenvalue weighted by Gasteiger charge is 2.10. The van der Waals surface area contributed by atoms with Crippen LogP contribution in [0.25, 0.3) is 11.3 Å². The first-order valence-corrected chi connectivity index (χ1v) is 5.46. The highest BCUT2D eigenvalue weighted by molar-refractivity contribution is 7.10. The number of carboxylic acids is 1. The molecule has 82 valence electrons. The molecule has 0 radical (unpaired) electrons. The fraction of sp³-hybridized carbons (Fsp3) is 0.0909. The van der Waals surface area contributed by atoms with Gasteiger partial charge in [0, 0.05) is 10.9 Å². The fourth-order valence-electron chi connectivity index (χ4n) is 1.31. The Hall–Kier alpha value is -1.75. The lowest BCUT2D eigenvalue weighted by Crippen LogP contribution is -1.99. The summed E-state index contributed by atoms with van der Waals surface area (Å²) in [5, 5.41) is 10.7. The van der Waals surface area contributed by atoms with Crippen LogP contribution in [0.3, 0.4) is 0 Å². The van der Waals surface area contributed by atoms with E-state index in [9.17, 15) is 9.18 Å². The number of hydrogen-bond donors (Lipinski definition) is 1. The molecule has 0 fully saturated rings. The van der Waals surface area contributed by atoms with Gasteiger partial charge in [-0.15, -0.1) is 11.3 Å². The molecule has 0 unspecified atom stereocenters. The van der Waals surface area contributed by atoms with Gasteiger partial charge >= 0.3 is 5.97 Å². The predicted octanol–water partition coefficient (Wildman–Crippen LogP) is 2.58. The largest absolute Gasteiger partial charge is 0.481 e. The lowest BCUT2D eigenvalue weighted by molar-refractivity contribution is -0.136. The van der Waals surface area contributed by atoms with Crippen molar-refractivity contribution in [3.05, 3.63) is 40.5 Å². The van der Waals surface area contributed by atoms with Gasteiger partial charge in [0.15, 0.2) is 0 Å². The van der Waals surface area contributed by atoms with Crippen LogP contribution in [-0.4, -0.2) is 16.1 Å². The average molecular weight is 237 g/mol. The lowest BCUT2D eigenvalue weighted by Gasteiger charge is -1.97. The van der Waals surface area contributed by atoms with E-state index in [2.05, 4.69) is 4.98 Å². The van der Waals surface area contributed by atoms with Crippen molar-refractivity contribution in [2.75, 3.05) is 0 Å². The van der Waals surface area contributed by atoms with E-state index in [0.717, 1.165) is 0 Å². The van der Waals surface area contributed by atoms with Gasteiger partial charge in [-0.2, -0.15) is 0 Å². The third-order valence-electron chi connectivity index (χ3n) is 2.00. The third-order valence-corrected chi connectivity index (χ3v) is 2.85. The first-order chi connectivity index (χ1) is 7.66. The van der Waals surface area contributed by atoms with Gasteiger partial charge in [0.1, 0.15) is 10.8 Å². The molecule has 1 N–H and O–H groups in total. The number of thiazole rings is 1. The molecule has 0 bridgehead atoms. The lowest BCUT2D eigenvalue weighted by atomic mass is 10.1. The van der Waals surface area contributed by atoms with Crippen LogP contribution in [0.5, 0.6) is 0 Å². The Kier molecular flexibility index (Phi) is 2.96. The number of aliphatic carboxylic acids is 1. The molecule has 2 rings (SSSR count). The summed E-state index contributed by atoms with van der Waals surface area (Å²) in [6.07, 6.45) is -0.126.